The first-order chi connectivity index (χ1) is 10.5. The zero-order valence-corrected chi connectivity index (χ0v) is 15.1. The molecule has 1 fully saturated rings. The quantitative estimate of drug-likeness (QED) is 0.895. The van der Waals surface area contributed by atoms with Crippen LogP contribution in [0.3, 0.4) is 0 Å². The van der Waals surface area contributed by atoms with Crippen molar-refractivity contribution in [1.29, 1.82) is 0 Å². The fraction of sp³-hybridized carbons (Fsp3) is 0.611. The first kappa shape index (κ1) is 19.8. The van der Waals surface area contributed by atoms with Gasteiger partial charge in [-0.2, -0.15) is 0 Å². The van der Waals surface area contributed by atoms with Crippen LogP contribution in [0, 0.1) is 0 Å². The maximum absolute atomic E-state index is 12.7. The number of nitrogens with zero attached hydrogens (tertiary/aromatic N) is 1. The maximum Gasteiger partial charge on any atom is 0.227 e. The molecule has 0 radical (unpaired) electrons. The van der Waals surface area contributed by atoms with E-state index < -0.39 is 0 Å². The molecule has 2 atom stereocenters. The van der Waals surface area contributed by atoms with E-state index in [0.29, 0.717) is 6.42 Å². The summed E-state index contributed by atoms with van der Waals surface area (Å²) < 4.78 is 5.81. The van der Waals surface area contributed by atoms with Crippen molar-refractivity contribution >= 4 is 18.3 Å². The minimum Gasteiger partial charge on any atom is -0.491 e. The summed E-state index contributed by atoms with van der Waals surface area (Å²) in [6, 6.07) is 7.99. The lowest BCUT2D eigenvalue weighted by Crippen LogP contribution is -2.52. The lowest BCUT2D eigenvalue weighted by molar-refractivity contribution is -0.134. The van der Waals surface area contributed by atoms with Crippen molar-refractivity contribution in [2.45, 2.75) is 64.6 Å². The fourth-order valence-electron chi connectivity index (χ4n) is 3.10. The predicted molar refractivity (Wildman–Crippen MR) is 96.2 cm³/mol. The Hall–Kier alpha value is -1.26. The summed E-state index contributed by atoms with van der Waals surface area (Å²) >= 11 is 0. The van der Waals surface area contributed by atoms with E-state index in [1.807, 2.05) is 49.9 Å². The number of nitrogens with two attached hydrogens (primary N) is 1. The van der Waals surface area contributed by atoms with Crippen LogP contribution in [0.15, 0.2) is 24.3 Å². The van der Waals surface area contributed by atoms with Crippen LogP contribution in [-0.4, -0.2) is 35.5 Å². The maximum atomic E-state index is 12.7. The second kappa shape index (κ2) is 9.14. The minimum absolute atomic E-state index is 0. The van der Waals surface area contributed by atoms with E-state index in [1.165, 1.54) is 0 Å². The molecule has 1 aliphatic rings. The van der Waals surface area contributed by atoms with Gasteiger partial charge >= 0.3 is 0 Å². The van der Waals surface area contributed by atoms with Gasteiger partial charge in [0.1, 0.15) is 5.75 Å². The number of halogens is 1. The summed E-state index contributed by atoms with van der Waals surface area (Å²) in [6.45, 7) is 6.80. The number of carbonyl (C=O) groups is 1. The summed E-state index contributed by atoms with van der Waals surface area (Å²) in [7, 11) is 0. The summed E-state index contributed by atoms with van der Waals surface area (Å²) in [5.74, 6) is 0.960. The van der Waals surface area contributed by atoms with Gasteiger partial charge in [-0.3, -0.25) is 4.79 Å². The number of carbonyl (C=O) groups excluding carboxylic acids is 1. The van der Waals surface area contributed by atoms with Crippen LogP contribution in [0.25, 0.3) is 0 Å². The van der Waals surface area contributed by atoms with Crippen LogP contribution in [0.2, 0.25) is 0 Å². The highest BCUT2D eigenvalue weighted by atomic mass is 35.5. The van der Waals surface area contributed by atoms with Gasteiger partial charge in [-0.05, 0) is 46.1 Å². The monoisotopic (exact) mass is 340 g/mol. The second-order valence-electron chi connectivity index (χ2n) is 6.46. The minimum atomic E-state index is 0. The van der Waals surface area contributed by atoms with Crippen molar-refractivity contribution in [3.63, 3.8) is 0 Å². The van der Waals surface area contributed by atoms with Gasteiger partial charge in [0, 0.05) is 24.2 Å². The molecule has 2 unspecified atom stereocenters. The Morgan fingerprint density at radius 2 is 2.00 bits per heavy atom. The normalized spacial score (nSPS) is 19.2. The Morgan fingerprint density at radius 3 is 2.65 bits per heavy atom. The van der Waals surface area contributed by atoms with E-state index in [-0.39, 0.29) is 36.5 Å². The van der Waals surface area contributed by atoms with E-state index in [2.05, 4.69) is 0 Å². The number of amides is 1. The highest BCUT2D eigenvalue weighted by Crippen LogP contribution is 2.24. The lowest BCUT2D eigenvalue weighted by atomic mass is 9.96. The zero-order chi connectivity index (χ0) is 16.1. The Labute approximate surface area is 145 Å². The van der Waals surface area contributed by atoms with E-state index in [0.717, 1.165) is 37.1 Å². The standard InChI is InChI=1S/C18H28N2O2.ClH/c1-13(2)22-17-10-5-4-8-15(17)12-18(21)20-11-7-6-9-16(20)14(3)19;/h4-5,8,10,13-14,16H,6-7,9,11-12,19H2,1-3H3;1H. The number of piperidine rings is 1. The summed E-state index contributed by atoms with van der Waals surface area (Å²) in [5.41, 5.74) is 7.02. The lowest BCUT2D eigenvalue weighted by Gasteiger charge is -2.38. The average Bonchev–Trinajstić information content (AvgIpc) is 2.48. The van der Waals surface area contributed by atoms with Crippen LogP contribution in [0.1, 0.15) is 45.6 Å². The van der Waals surface area contributed by atoms with Gasteiger partial charge in [-0.25, -0.2) is 0 Å². The van der Waals surface area contributed by atoms with Gasteiger partial charge in [0.2, 0.25) is 5.91 Å². The third-order valence-electron chi connectivity index (χ3n) is 4.15. The molecular formula is C18H29ClN2O2. The van der Waals surface area contributed by atoms with E-state index in [4.69, 9.17) is 10.5 Å². The number of hydrogen-bond donors (Lipinski definition) is 1. The average molecular weight is 341 g/mol. The van der Waals surface area contributed by atoms with Gasteiger partial charge in [0.05, 0.1) is 12.5 Å². The predicted octanol–water partition coefficient (Wildman–Crippen LogP) is 3.17. The molecule has 130 valence electrons. The molecule has 5 heteroatoms. The molecule has 2 N–H and O–H groups in total. The largest absolute Gasteiger partial charge is 0.491 e. The molecule has 1 aromatic carbocycles. The Balaban J connectivity index is 0.00000264. The molecule has 1 aromatic rings. The van der Waals surface area contributed by atoms with Crippen molar-refractivity contribution in [2.75, 3.05) is 6.54 Å². The molecule has 0 saturated carbocycles. The van der Waals surface area contributed by atoms with Crippen LogP contribution < -0.4 is 10.5 Å². The van der Waals surface area contributed by atoms with Crippen LogP contribution in [-0.2, 0) is 11.2 Å². The highest BCUT2D eigenvalue weighted by molar-refractivity contribution is 5.85. The van der Waals surface area contributed by atoms with Crippen LogP contribution in [0.5, 0.6) is 5.75 Å². The van der Waals surface area contributed by atoms with Crippen LogP contribution >= 0.6 is 12.4 Å². The van der Waals surface area contributed by atoms with Gasteiger partial charge in [-0.1, -0.05) is 18.2 Å². The molecule has 1 heterocycles. The van der Waals surface area contributed by atoms with E-state index in [9.17, 15) is 4.79 Å². The van der Waals surface area contributed by atoms with Gasteiger partial charge < -0.3 is 15.4 Å². The molecule has 0 aliphatic carbocycles. The molecule has 0 spiro atoms. The van der Waals surface area contributed by atoms with Gasteiger partial charge in [0.15, 0.2) is 0 Å². The Bertz CT molecular complexity index is 506. The zero-order valence-electron chi connectivity index (χ0n) is 14.3. The topological polar surface area (TPSA) is 55.6 Å². The molecule has 0 aromatic heterocycles. The summed E-state index contributed by atoms with van der Waals surface area (Å²) in [5, 5.41) is 0. The number of ether oxygens (including phenoxy) is 1. The van der Waals surface area contributed by atoms with E-state index in [1.54, 1.807) is 0 Å². The number of benzene rings is 1. The van der Waals surface area contributed by atoms with Crippen molar-refractivity contribution in [2.24, 2.45) is 5.73 Å². The third-order valence-corrected chi connectivity index (χ3v) is 4.15. The van der Waals surface area contributed by atoms with Crippen molar-refractivity contribution in [3.8, 4) is 5.75 Å². The fourth-order valence-corrected chi connectivity index (χ4v) is 3.10. The highest BCUT2D eigenvalue weighted by Gasteiger charge is 2.29. The van der Waals surface area contributed by atoms with E-state index >= 15 is 0 Å². The smallest absolute Gasteiger partial charge is 0.227 e. The molecule has 4 nitrogen and oxygen atoms in total. The molecule has 1 aliphatic heterocycles. The second-order valence-corrected chi connectivity index (χ2v) is 6.46. The molecule has 1 saturated heterocycles. The summed E-state index contributed by atoms with van der Waals surface area (Å²) in [6.07, 6.45) is 3.71. The van der Waals surface area contributed by atoms with Crippen molar-refractivity contribution in [3.05, 3.63) is 29.8 Å². The molecular weight excluding hydrogens is 312 g/mol. The first-order valence-corrected chi connectivity index (χ1v) is 8.28. The Morgan fingerprint density at radius 1 is 1.30 bits per heavy atom. The first-order valence-electron chi connectivity index (χ1n) is 8.28. The summed E-state index contributed by atoms with van der Waals surface area (Å²) in [4.78, 5) is 14.7. The number of hydrogen-bond acceptors (Lipinski definition) is 3. The molecule has 1 amide bonds. The van der Waals surface area contributed by atoms with Crippen molar-refractivity contribution < 1.29 is 9.53 Å². The number of rotatable bonds is 5. The van der Waals surface area contributed by atoms with Gasteiger partial charge in [-0.15, -0.1) is 12.4 Å². The Kier molecular flexibility index (Phi) is 7.86. The number of para-hydroxylation sites is 1. The number of likely N-dealkylation sites (tertiary alicyclic amines) is 1. The molecule has 23 heavy (non-hydrogen) atoms. The van der Waals surface area contributed by atoms with Gasteiger partial charge in [0.25, 0.3) is 0 Å². The third kappa shape index (κ3) is 5.40. The molecule has 2 rings (SSSR count). The van der Waals surface area contributed by atoms with Crippen LogP contribution in [0.4, 0.5) is 0 Å². The van der Waals surface area contributed by atoms with Crippen molar-refractivity contribution in [1.82, 2.24) is 4.90 Å². The SMILES string of the molecule is CC(C)Oc1ccccc1CC(=O)N1CCCCC1C(C)N.Cl. The molecule has 0 bridgehead atoms.